The molecule has 0 radical (unpaired) electrons. The van der Waals surface area contributed by atoms with Gasteiger partial charge in [0.2, 0.25) is 5.82 Å². The van der Waals surface area contributed by atoms with Crippen molar-refractivity contribution in [1.29, 1.82) is 0 Å². The number of hydrogen-bond acceptors (Lipinski definition) is 4. The van der Waals surface area contributed by atoms with E-state index in [2.05, 4.69) is 10.4 Å². The Morgan fingerprint density at radius 3 is 2.52 bits per heavy atom. The van der Waals surface area contributed by atoms with Crippen LogP contribution in [0.3, 0.4) is 0 Å². The monoisotopic (exact) mass is 384 g/mol. The second-order valence-corrected chi connectivity index (χ2v) is 6.09. The minimum absolute atomic E-state index is 0.00324. The van der Waals surface area contributed by atoms with Crippen LogP contribution in [-0.2, 0) is 12.7 Å². The first-order valence-corrected chi connectivity index (χ1v) is 7.95. The lowest BCUT2D eigenvalue weighted by atomic mass is 10.1. The number of hydrogen-bond donors (Lipinski definition) is 3. The largest absolute Gasteiger partial charge is 0.628 e. The molecule has 144 valence electrons. The number of hydroxylamine groups is 1. The molecule has 11 heteroatoms. The van der Waals surface area contributed by atoms with Crippen LogP contribution in [0.4, 0.5) is 19.0 Å². The van der Waals surface area contributed by atoms with E-state index in [4.69, 9.17) is 5.11 Å². The molecule has 1 aliphatic rings. The maximum absolute atomic E-state index is 13.2. The number of halogens is 3. The van der Waals surface area contributed by atoms with E-state index in [9.17, 15) is 28.0 Å². The van der Waals surface area contributed by atoms with Gasteiger partial charge in [-0.05, 0) is 24.6 Å². The van der Waals surface area contributed by atoms with E-state index in [1.165, 1.54) is 31.2 Å². The molecule has 0 spiro atoms. The minimum Gasteiger partial charge on any atom is -0.628 e. The van der Waals surface area contributed by atoms with Gasteiger partial charge in [0, 0.05) is 0 Å². The molecule has 27 heavy (non-hydrogen) atoms. The van der Waals surface area contributed by atoms with Gasteiger partial charge >= 0.3 is 12.1 Å². The van der Waals surface area contributed by atoms with Gasteiger partial charge in [-0.2, -0.15) is 18.3 Å². The first-order chi connectivity index (χ1) is 12.6. The Morgan fingerprint density at radius 1 is 1.33 bits per heavy atom. The number of alkyl halides is 3. The molecule has 1 aromatic carbocycles. The molecular weight excluding hydrogens is 369 g/mol. The number of quaternary nitrogens is 1. The zero-order valence-corrected chi connectivity index (χ0v) is 14.0. The number of carbonyl (C=O) groups is 2. The van der Waals surface area contributed by atoms with Gasteiger partial charge in [0.15, 0.2) is 11.3 Å². The highest BCUT2D eigenvalue weighted by Crippen LogP contribution is 2.34. The maximum Gasteiger partial charge on any atom is 0.436 e. The van der Waals surface area contributed by atoms with Gasteiger partial charge in [-0.3, -0.25) is 4.79 Å². The van der Waals surface area contributed by atoms with Crippen LogP contribution in [0.25, 0.3) is 0 Å². The number of carboxylic acids is 1. The van der Waals surface area contributed by atoms with E-state index in [0.29, 0.717) is 5.56 Å². The quantitative estimate of drug-likeness (QED) is 0.684. The number of aromatic nitrogens is 2. The summed E-state index contributed by atoms with van der Waals surface area (Å²) in [5, 5.41) is 26.1. The van der Waals surface area contributed by atoms with Crippen LogP contribution in [-0.4, -0.2) is 33.3 Å². The van der Waals surface area contributed by atoms with Crippen molar-refractivity contribution in [3.63, 3.8) is 0 Å². The number of benzene rings is 1. The number of aromatic carboxylic acids is 1. The third-order valence-corrected chi connectivity index (χ3v) is 4.27. The minimum atomic E-state index is -4.88. The Bertz CT molecular complexity index is 892. The summed E-state index contributed by atoms with van der Waals surface area (Å²) in [6.07, 6.45) is -4.88. The standard InChI is InChI=1S/C16H15F3N4O4/c1-8(9-2-4-10(5-3-9)15(25)26)20-13(24)11-12(16(17,18)19)21-22-6-7-23(27)14(11)22/h2-5,8,23H,6-7H2,1H3,(H,20,24)(H,25,26)/t8-/m0/s1. The Hall–Kier alpha value is -2.92. The Morgan fingerprint density at radius 2 is 1.96 bits per heavy atom. The van der Waals surface area contributed by atoms with E-state index in [1.807, 2.05) is 0 Å². The van der Waals surface area contributed by atoms with Gasteiger partial charge in [-0.15, -0.1) is 0 Å². The van der Waals surface area contributed by atoms with E-state index in [-0.39, 0.29) is 24.5 Å². The van der Waals surface area contributed by atoms with E-state index in [0.717, 1.165) is 4.68 Å². The Labute approximate surface area is 150 Å². The molecule has 3 rings (SSSR count). The molecule has 0 fully saturated rings. The lowest BCUT2D eigenvalue weighted by molar-refractivity contribution is -0.769. The second kappa shape index (κ2) is 6.67. The molecule has 0 aliphatic carbocycles. The molecule has 0 bridgehead atoms. The fraction of sp³-hybridized carbons (Fsp3) is 0.312. The van der Waals surface area contributed by atoms with Gasteiger partial charge in [0.1, 0.15) is 6.54 Å². The Balaban J connectivity index is 1.89. The number of nitrogens with zero attached hydrogens (tertiary/aromatic N) is 2. The fourth-order valence-electron chi connectivity index (χ4n) is 2.91. The van der Waals surface area contributed by atoms with Crippen LogP contribution >= 0.6 is 0 Å². The van der Waals surface area contributed by atoms with Crippen molar-refractivity contribution in [3.8, 4) is 0 Å². The number of nitrogens with one attached hydrogen (secondary N) is 2. The number of rotatable bonds is 4. The molecule has 0 saturated heterocycles. The van der Waals surface area contributed by atoms with Gasteiger partial charge < -0.3 is 20.7 Å². The average Bonchev–Trinajstić information content (AvgIpc) is 3.15. The molecular formula is C16H15F3N4O4. The van der Waals surface area contributed by atoms with Crippen molar-refractivity contribution in [2.45, 2.75) is 25.7 Å². The highest BCUT2D eigenvalue weighted by atomic mass is 19.4. The van der Waals surface area contributed by atoms with E-state index >= 15 is 0 Å². The summed E-state index contributed by atoms with van der Waals surface area (Å²) in [4.78, 5) is 23.4. The van der Waals surface area contributed by atoms with Crippen LogP contribution in [0.15, 0.2) is 24.3 Å². The zero-order chi connectivity index (χ0) is 19.9. The Kier molecular flexibility index (Phi) is 4.66. The molecule has 0 saturated carbocycles. The molecule has 1 aromatic heterocycles. The molecule has 2 heterocycles. The topological polar surface area (TPSA) is 112 Å². The molecule has 1 aliphatic heterocycles. The molecule has 8 nitrogen and oxygen atoms in total. The summed E-state index contributed by atoms with van der Waals surface area (Å²) >= 11 is 0. The summed E-state index contributed by atoms with van der Waals surface area (Å²) in [6, 6.07) is 4.83. The van der Waals surface area contributed by atoms with E-state index in [1.54, 1.807) is 0 Å². The van der Waals surface area contributed by atoms with E-state index < -0.39 is 40.4 Å². The number of carbonyl (C=O) groups excluding carboxylic acids is 1. The van der Waals surface area contributed by atoms with Crippen molar-refractivity contribution in [2.75, 3.05) is 6.54 Å². The van der Waals surface area contributed by atoms with Crippen LogP contribution in [0, 0.1) is 5.21 Å². The fourth-order valence-corrected chi connectivity index (χ4v) is 2.91. The normalized spacial score (nSPS) is 17.4. The number of amides is 1. The van der Waals surface area contributed by atoms with Crippen molar-refractivity contribution in [3.05, 3.63) is 51.9 Å². The maximum atomic E-state index is 13.2. The highest BCUT2D eigenvalue weighted by molar-refractivity contribution is 5.99. The third kappa shape index (κ3) is 3.51. The number of carboxylic acid groups (broad SMARTS) is 1. The predicted molar refractivity (Wildman–Crippen MR) is 85.4 cm³/mol. The van der Waals surface area contributed by atoms with Gasteiger partial charge in [0.25, 0.3) is 5.91 Å². The first-order valence-electron chi connectivity index (χ1n) is 7.95. The number of fused-ring (bicyclic) bond motifs is 1. The third-order valence-electron chi connectivity index (χ3n) is 4.27. The summed E-state index contributed by atoms with van der Waals surface area (Å²) in [6.45, 7) is 1.52. The van der Waals surface area contributed by atoms with Crippen LogP contribution in [0.5, 0.6) is 0 Å². The summed E-state index contributed by atoms with van der Waals surface area (Å²) in [5.41, 5.74) is -1.63. The summed E-state index contributed by atoms with van der Waals surface area (Å²) in [7, 11) is 0. The molecule has 2 atom stereocenters. The molecule has 1 unspecified atom stereocenters. The lowest BCUT2D eigenvalue weighted by Crippen LogP contribution is -3.00. The van der Waals surface area contributed by atoms with Crippen LogP contribution in [0.2, 0.25) is 0 Å². The van der Waals surface area contributed by atoms with Crippen LogP contribution < -0.4 is 10.4 Å². The van der Waals surface area contributed by atoms with Gasteiger partial charge in [-0.1, -0.05) is 12.1 Å². The van der Waals surface area contributed by atoms with Crippen molar-refractivity contribution < 1.29 is 32.9 Å². The SMILES string of the molecule is C[C@H](NC(=O)c1c(C(F)(F)F)nn2c1[NH+]([O-])CC2)c1ccc(C(=O)O)cc1. The lowest BCUT2D eigenvalue weighted by Gasteiger charge is -2.18. The predicted octanol–water partition coefficient (Wildman–Crippen LogP) is 1.12. The molecule has 1 amide bonds. The highest BCUT2D eigenvalue weighted by Gasteiger charge is 2.45. The smallest absolute Gasteiger partial charge is 0.436 e. The van der Waals surface area contributed by atoms with Gasteiger partial charge in [-0.25, -0.2) is 9.48 Å². The first kappa shape index (κ1) is 18.9. The van der Waals surface area contributed by atoms with Crippen molar-refractivity contribution >= 4 is 17.7 Å². The second-order valence-electron chi connectivity index (χ2n) is 6.09. The van der Waals surface area contributed by atoms with Crippen molar-refractivity contribution in [2.24, 2.45) is 0 Å². The average molecular weight is 384 g/mol. The van der Waals surface area contributed by atoms with Crippen molar-refractivity contribution in [1.82, 2.24) is 15.1 Å². The molecule has 3 N–H and O–H groups in total. The summed E-state index contributed by atoms with van der Waals surface area (Å²) < 4.78 is 40.7. The zero-order valence-electron chi connectivity index (χ0n) is 14.0. The summed E-state index contributed by atoms with van der Waals surface area (Å²) in [5.74, 6) is -2.52. The van der Waals surface area contributed by atoms with Crippen LogP contribution in [0.1, 0.15) is 44.9 Å². The molecule has 2 aromatic rings. The van der Waals surface area contributed by atoms with Gasteiger partial charge in [0.05, 0.1) is 18.2 Å².